The average molecular weight is 332 g/mol. The van der Waals surface area contributed by atoms with E-state index in [2.05, 4.69) is 25.5 Å². The molecule has 0 radical (unpaired) electrons. The molecule has 10 heteroatoms. The van der Waals surface area contributed by atoms with Gasteiger partial charge in [0, 0.05) is 18.5 Å². The lowest BCUT2D eigenvalue weighted by atomic mass is 10.2. The van der Waals surface area contributed by atoms with Crippen LogP contribution in [0.1, 0.15) is 15.4 Å². The fraction of sp³-hybridized carbons (Fsp3) is 0.154. The molecule has 0 aliphatic rings. The topological polar surface area (TPSA) is 147 Å². The van der Waals surface area contributed by atoms with Crippen molar-refractivity contribution in [3.05, 3.63) is 49.5 Å². The SMILES string of the molecule is Nc1nnc(CCNC(=O)c2ccc3[nH]c(=O)c(=O)[nH]c3c2)s1. The molecule has 118 valence electrons. The van der Waals surface area contributed by atoms with E-state index < -0.39 is 11.1 Å². The van der Waals surface area contributed by atoms with Gasteiger partial charge < -0.3 is 21.0 Å². The van der Waals surface area contributed by atoms with Gasteiger partial charge >= 0.3 is 11.1 Å². The third-order valence-corrected chi connectivity index (χ3v) is 3.90. The summed E-state index contributed by atoms with van der Waals surface area (Å²) in [6.07, 6.45) is 0.526. The quantitative estimate of drug-likeness (QED) is 0.479. The molecule has 23 heavy (non-hydrogen) atoms. The summed E-state index contributed by atoms with van der Waals surface area (Å²) < 4.78 is 0. The molecule has 0 bridgehead atoms. The molecule has 0 unspecified atom stereocenters. The van der Waals surface area contributed by atoms with Gasteiger partial charge in [0.2, 0.25) is 5.13 Å². The number of carbonyl (C=O) groups is 1. The Bertz CT molecular complexity index is 989. The molecule has 9 nitrogen and oxygen atoms in total. The van der Waals surface area contributed by atoms with Gasteiger partial charge in [-0.2, -0.15) is 0 Å². The van der Waals surface area contributed by atoms with Crippen molar-refractivity contribution in [2.24, 2.45) is 0 Å². The number of hydrogen-bond acceptors (Lipinski definition) is 7. The molecule has 2 heterocycles. The van der Waals surface area contributed by atoms with Gasteiger partial charge in [0.1, 0.15) is 5.01 Å². The molecule has 2 aromatic heterocycles. The summed E-state index contributed by atoms with van der Waals surface area (Å²) >= 11 is 1.27. The predicted octanol–water partition coefficient (Wildman–Crippen LogP) is -0.377. The van der Waals surface area contributed by atoms with Gasteiger partial charge in [-0.3, -0.25) is 14.4 Å². The number of amides is 1. The van der Waals surface area contributed by atoms with Gasteiger partial charge in [0.15, 0.2) is 0 Å². The van der Waals surface area contributed by atoms with Crippen molar-refractivity contribution in [3.8, 4) is 0 Å². The first-order chi connectivity index (χ1) is 11.0. The smallest absolute Gasteiger partial charge is 0.314 e. The fourth-order valence-electron chi connectivity index (χ4n) is 2.01. The van der Waals surface area contributed by atoms with Crippen LogP contribution in [0.5, 0.6) is 0 Å². The highest BCUT2D eigenvalue weighted by Gasteiger charge is 2.08. The van der Waals surface area contributed by atoms with E-state index in [4.69, 9.17) is 5.73 Å². The van der Waals surface area contributed by atoms with Gasteiger partial charge in [-0.05, 0) is 18.2 Å². The number of nitrogen functional groups attached to an aromatic ring is 1. The Balaban J connectivity index is 1.71. The maximum Gasteiger partial charge on any atom is 0.314 e. The van der Waals surface area contributed by atoms with Gasteiger partial charge in [0.25, 0.3) is 5.91 Å². The lowest BCUT2D eigenvalue weighted by Gasteiger charge is -2.05. The standard InChI is InChI=1S/C13H12N6O3S/c14-13-19-18-9(23-13)3-4-15-10(20)6-1-2-7-8(5-6)17-12(22)11(21)16-7/h1-2,5H,3-4H2,(H2,14,19)(H,15,20)(H,16,21)(H,17,22). The number of nitrogens with zero attached hydrogens (tertiary/aromatic N) is 2. The van der Waals surface area contributed by atoms with Crippen molar-refractivity contribution in [1.29, 1.82) is 0 Å². The first-order valence-corrected chi connectivity index (χ1v) is 7.47. The number of anilines is 1. The van der Waals surface area contributed by atoms with Crippen molar-refractivity contribution in [1.82, 2.24) is 25.5 Å². The minimum Gasteiger partial charge on any atom is -0.374 e. The maximum atomic E-state index is 12.1. The number of rotatable bonds is 4. The van der Waals surface area contributed by atoms with Gasteiger partial charge in [-0.15, -0.1) is 10.2 Å². The van der Waals surface area contributed by atoms with Crippen LogP contribution in [0.25, 0.3) is 11.0 Å². The van der Waals surface area contributed by atoms with Crippen LogP contribution in [0.4, 0.5) is 5.13 Å². The monoisotopic (exact) mass is 332 g/mol. The number of hydrogen-bond donors (Lipinski definition) is 4. The Morgan fingerprint density at radius 3 is 2.61 bits per heavy atom. The molecule has 0 spiro atoms. The largest absolute Gasteiger partial charge is 0.374 e. The van der Waals surface area contributed by atoms with E-state index in [0.717, 1.165) is 5.01 Å². The van der Waals surface area contributed by atoms with E-state index in [1.807, 2.05) is 0 Å². The van der Waals surface area contributed by atoms with Crippen LogP contribution in [-0.4, -0.2) is 32.6 Å². The van der Waals surface area contributed by atoms with Crippen molar-refractivity contribution < 1.29 is 4.79 Å². The zero-order chi connectivity index (χ0) is 16.4. The molecule has 0 saturated carbocycles. The van der Waals surface area contributed by atoms with Crippen LogP contribution in [0, 0.1) is 0 Å². The van der Waals surface area contributed by atoms with Gasteiger partial charge in [-0.25, -0.2) is 0 Å². The number of aromatic nitrogens is 4. The fourth-order valence-corrected chi connectivity index (χ4v) is 2.62. The number of nitrogens with two attached hydrogens (primary N) is 1. The molecule has 5 N–H and O–H groups in total. The first-order valence-electron chi connectivity index (χ1n) is 6.65. The predicted molar refractivity (Wildman–Crippen MR) is 85.5 cm³/mol. The number of benzene rings is 1. The average Bonchev–Trinajstić information content (AvgIpc) is 2.93. The summed E-state index contributed by atoms with van der Waals surface area (Å²) in [6, 6.07) is 4.63. The van der Waals surface area contributed by atoms with Crippen LogP contribution in [0.15, 0.2) is 27.8 Å². The van der Waals surface area contributed by atoms with Gasteiger partial charge in [0.05, 0.1) is 11.0 Å². The Morgan fingerprint density at radius 2 is 1.91 bits per heavy atom. The lowest BCUT2D eigenvalue weighted by Crippen LogP contribution is -2.29. The second-order valence-corrected chi connectivity index (χ2v) is 5.80. The third-order valence-electron chi connectivity index (χ3n) is 3.09. The summed E-state index contributed by atoms with van der Waals surface area (Å²) in [4.78, 5) is 39.5. The molecular weight excluding hydrogens is 320 g/mol. The Labute approximate surface area is 132 Å². The number of H-pyrrole nitrogens is 2. The second-order valence-electron chi connectivity index (χ2n) is 4.71. The van der Waals surface area contributed by atoms with Crippen LogP contribution < -0.4 is 22.2 Å². The van der Waals surface area contributed by atoms with Crippen molar-refractivity contribution in [2.45, 2.75) is 6.42 Å². The Kier molecular flexibility index (Phi) is 3.89. The molecule has 0 atom stereocenters. The highest BCUT2D eigenvalue weighted by Crippen LogP contribution is 2.11. The number of nitrogens with one attached hydrogen (secondary N) is 3. The summed E-state index contributed by atoms with van der Waals surface area (Å²) in [5.74, 6) is -0.295. The number of fused-ring (bicyclic) bond motifs is 1. The van der Waals surface area contributed by atoms with Crippen molar-refractivity contribution in [3.63, 3.8) is 0 Å². The molecule has 1 amide bonds. The van der Waals surface area contributed by atoms with Crippen LogP contribution in [0.2, 0.25) is 0 Å². The molecule has 0 aliphatic carbocycles. The van der Waals surface area contributed by atoms with E-state index in [1.54, 1.807) is 12.1 Å². The third kappa shape index (κ3) is 3.26. The number of carbonyl (C=O) groups excluding carboxylic acids is 1. The van der Waals surface area contributed by atoms with E-state index in [9.17, 15) is 14.4 Å². The van der Waals surface area contributed by atoms with Crippen LogP contribution >= 0.6 is 11.3 Å². The highest BCUT2D eigenvalue weighted by atomic mass is 32.1. The van der Waals surface area contributed by atoms with Crippen LogP contribution in [-0.2, 0) is 6.42 Å². The summed E-state index contributed by atoms with van der Waals surface area (Å²) in [5, 5.41) is 11.4. The lowest BCUT2D eigenvalue weighted by molar-refractivity contribution is 0.0954. The first kappa shape index (κ1) is 14.9. The molecule has 1 aromatic carbocycles. The van der Waals surface area contributed by atoms with E-state index in [-0.39, 0.29) is 5.91 Å². The van der Waals surface area contributed by atoms with E-state index >= 15 is 0 Å². The molecule has 3 aromatic rings. The van der Waals surface area contributed by atoms with Crippen molar-refractivity contribution >= 4 is 33.4 Å². The molecule has 0 fully saturated rings. The summed E-state index contributed by atoms with van der Waals surface area (Å²) in [5.41, 5.74) is 5.20. The Morgan fingerprint density at radius 1 is 1.17 bits per heavy atom. The van der Waals surface area contributed by atoms with E-state index in [1.165, 1.54) is 17.4 Å². The van der Waals surface area contributed by atoms with E-state index in [0.29, 0.717) is 34.7 Å². The summed E-state index contributed by atoms with van der Waals surface area (Å²) in [7, 11) is 0. The van der Waals surface area contributed by atoms with Gasteiger partial charge in [-0.1, -0.05) is 11.3 Å². The normalized spacial score (nSPS) is 10.8. The maximum absolute atomic E-state index is 12.1. The Hall–Kier alpha value is -3.01. The minimum absolute atomic E-state index is 0.295. The zero-order valence-corrected chi connectivity index (χ0v) is 12.6. The second kappa shape index (κ2) is 6.01. The number of aromatic amines is 2. The summed E-state index contributed by atoms with van der Waals surface area (Å²) in [6.45, 7) is 0.383. The molecular formula is C13H12N6O3S. The van der Waals surface area contributed by atoms with Crippen LogP contribution in [0.3, 0.4) is 0 Å². The zero-order valence-electron chi connectivity index (χ0n) is 11.8. The molecule has 0 saturated heterocycles. The van der Waals surface area contributed by atoms with Crippen molar-refractivity contribution in [2.75, 3.05) is 12.3 Å². The molecule has 3 rings (SSSR count). The minimum atomic E-state index is -0.760. The highest BCUT2D eigenvalue weighted by molar-refractivity contribution is 7.15. The molecule has 0 aliphatic heterocycles.